The maximum atomic E-state index is 12.7. The van der Waals surface area contributed by atoms with Crippen LogP contribution in [0.1, 0.15) is 12.0 Å². The van der Waals surface area contributed by atoms with Gasteiger partial charge in [0.25, 0.3) is 5.91 Å². The Balaban J connectivity index is 1.76. The lowest BCUT2D eigenvalue weighted by Gasteiger charge is -2.23. The van der Waals surface area contributed by atoms with Gasteiger partial charge in [0, 0.05) is 11.0 Å². The highest BCUT2D eigenvalue weighted by molar-refractivity contribution is 9.10. The Hall–Kier alpha value is -1.98. The molecule has 1 atom stereocenters. The number of halogens is 1. The smallest absolute Gasteiger partial charge is 0.251 e. The Bertz CT molecular complexity index is 716. The Morgan fingerprint density at radius 1 is 1.09 bits per heavy atom. The van der Waals surface area contributed by atoms with Crippen LogP contribution in [-0.4, -0.2) is 29.8 Å². The normalized spacial score (nSPS) is 18.0. The molecule has 0 aromatic heterocycles. The van der Waals surface area contributed by atoms with E-state index in [4.69, 9.17) is 0 Å². The van der Waals surface area contributed by atoms with Crippen molar-refractivity contribution >= 4 is 33.4 Å². The van der Waals surface area contributed by atoms with Crippen LogP contribution in [0.2, 0.25) is 0 Å². The number of nitrogens with zero attached hydrogens (tertiary/aromatic N) is 2. The highest BCUT2D eigenvalue weighted by Gasteiger charge is 2.41. The summed E-state index contributed by atoms with van der Waals surface area (Å²) in [7, 11) is 1.88. The Morgan fingerprint density at radius 3 is 2.39 bits per heavy atom. The van der Waals surface area contributed by atoms with Gasteiger partial charge in [-0.05, 0) is 36.9 Å². The van der Waals surface area contributed by atoms with E-state index < -0.39 is 6.04 Å². The van der Waals surface area contributed by atoms with Crippen molar-refractivity contribution in [3.63, 3.8) is 0 Å². The second kappa shape index (κ2) is 6.64. The molecule has 23 heavy (non-hydrogen) atoms. The molecule has 118 valence electrons. The van der Waals surface area contributed by atoms with E-state index in [2.05, 4.69) is 15.9 Å². The van der Waals surface area contributed by atoms with E-state index >= 15 is 0 Å². The summed E-state index contributed by atoms with van der Waals surface area (Å²) in [6.45, 7) is 0.638. The zero-order chi connectivity index (χ0) is 16.4. The summed E-state index contributed by atoms with van der Waals surface area (Å²) in [6.07, 6.45) is 0.220. The van der Waals surface area contributed by atoms with E-state index in [0.29, 0.717) is 12.2 Å². The molecular formula is C18H17BrN2O2. The molecule has 0 aliphatic carbocycles. The van der Waals surface area contributed by atoms with Gasteiger partial charge in [0.15, 0.2) is 0 Å². The Kier molecular flexibility index (Phi) is 4.59. The number of amides is 2. The van der Waals surface area contributed by atoms with Crippen LogP contribution in [0.5, 0.6) is 0 Å². The number of hydrogen-bond acceptors (Lipinski definition) is 3. The summed E-state index contributed by atoms with van der Waals surface area (Å²) in [5.74, 6) is -0.307. The highest BCUT2D eigenvalue weighted by Crippen LogP contribution is 2.27. The molecule has 5 heteroatoms. The average molecular weight is 373 g/mol. The lowest BCUT2D eigenvalue weighted by Crippen LogP contribution is -2.39. The van der Waals surface area contributed by atoms with Crippen LogP contribution in [0.4, 0.5) is 5.69 Å². The second-order valence-electron chi connectivity index (χ2n) is 5.66. The molecule has 0 unspecified atom stereocenters. The first-order valence-corrected chi connectivity index (χ1v) is 8.22. The van der Waals surface area contributed by atoms with Crippen molar-refractivity contribution in [2.75, 3.05) is 11.9 Å². The highest BCUT2D eigenvalue weighted by atomic mass is 79.9. The summed E-state index contributed by atoms with van der Waals surface area (Å²) >= 11 is 3.36. The van der Waals surface area contributed by atoms with E-state index in [0.717, 1.165) is 10.0 Å². The number of benzene rings is 2. The average Bonchev–Trinajstić information content (AvgIpc) is 2.84. The maximum Gasteiger partial charge on any atom is 0.251 e. The molecule has 1 aliphatic rings. The molecule has 1 heterocycles. The molecule has 1 aliphatic heterocycles. The lowest BCUT2D eigenvalue weighted by molar-refractivity contribution is -0.122. The summed E-state index contributed by atoms with van der Waals surface area (Å²) in [5, 5.41) is 0. The SMILES string of the molecule is CN(Cc1ccccc1)[C@H]1CC(=O)N(c2ccc(Br)cc2)C1=O. The van der Waals surface area contributed by atoms with Gasteiger partial charge in [-0.3, -0.25) is 14.5 Å². The maximum absolute atomic E-state index is 12.7. The second-order valence-corrected chi connectivity index (χ2v) is 6.58. The van der Waals surface area contributed by atoms with E-state index in [1.165, 1.54) is 4.90 Å². The summed E-state index contributed by atoms with van der Waals surface area (Å²) in [4.78, 5) is 28.2. The molecule has 0 spiro atoms. The van der Waals surface area contributed by atoms with Crippen molar-refractivity contribution < 1.29 is 9.59 Å². The van der Waals surface area contributed by atoms with Gasteiger partial charge in [-0.25, -0.2) is 4.90 Å². The molecule has 1 fully saturated rings. The summed E-state index contributed by atoms with van der Waals surface area (Å²) in [5.41, 5.74) is 1.75. The summed E-state index contributed by atoms with van der Waals surface area (Å²) < 4.78 is 0.915. The van der Waals surface area contributed by atoms with Crippen molar-refractivity contribution in [2.24, 2.45) is 0 Å². The first kappa shape index (κ1) is 15.9. The Morgan fingerprint density at radius 2 is 1.74 bits per heavy atom. The van der Waals surface area contributed by atoms with Gasteiger partial charge in [-0.1, -0.05) is 46.3 Å². The van der Waals surface area contributed by atoms with Crippen LogP contribution in [-0.2, 0) is 16.1 Å². The van der Waals surface area contributed by atoms with Gasteiger partial charge in [-0.2, -0.15) is 0 Å². The fourth-order valence-electron chi connectivity index (χ4n) is 2.80. The standard InChI is InChI=1S/C18H17BrN2O2/c1-20(12-13-5-3-2-4-6-13)16-11-17(22)21(18(16)23)15-9-7-14(19)8-10-15/h2-10,16H,11-12H2,1H3/t16-/m0/s1. The third kappa shape index (κ3) is 3.35. The lowest BCUT2D eigenvalue weighted by atomic mass is 10.1. The number of imide groups is 1. The van der Waals surface area contributed by atoms with Crippen molar-refractivity contribution in [2.45, 2.75) is 19.0 Å². The van der Waals surface area contributed by atoms with Gasteiger partial charge >= 0.3 is 0 Å². The van der Waals surface area contributed by atoms with Crippen molar-refractivity contribution in [1.29, 1.82) is 0 Å². The van der Waals surface area contributed by atoms with Crippen LogP contribution in [0.15, 0.2) is 59.1 Å². The molecule has 0 saturated carbocycles. The molecule has 3 rings (SSSR count). The molecular weight excluding hydrogens is 356 g/mol. The third-order valence-electron chi connectivity index (χ3n) is 4.01. The number of hydrogen-bond donors (Lipinski definition) is 0. The first-order chi connectivity index (χ1) is 11.1. The van der Waals surface area contributed by atoms with Crippen LogP contribution in [0.25, 0.3) is 0 Å². The molecule has 0 radical (unpaired) electrons. The third-order valence-corrected chi connectivity index (χ3v) is 4.54. The van der Waals surface area contributed by atoms with E-state index in [9.17, 15) is 9.59 Å². The monoisotopic (exact) mass is 372 g/mol. The van der Waals surface area contributed by atoms with Crippen molar-refractivity contribution in [3.05, 3.63) is 64.6 Å². The molecule has 2 amide bonds. The number of carbonyl (C=O) groups excluding carboxylic acids is 2. The van der Waals surface area contributed by atoms with E-state index in [1.807, 2.05) is 54.4 Å². The van der Waals surface area contributed by atoms with Crippen LogP contribution < -0.4 is 4.90 Å². The van der Waals surface area contributed by atoms with Crippen molar-refractivity contribution in [1.82, 2.24) is 4.90 Å². The van der Waals surface area contributed by atoms with Crippen LogP contribution in [0.3, 0.4) is 0 Å². The van der Waals surface area contributed by atoms with Gasteiger partial charge in [0.05, 0.1) is 18.2 Å². The molecule has 4 nitrogen and oxygen atoms in total. The molecule has 1 saturated heterocycles. The number of rotatable bonds is 4. The zero-order valence-electron chi connectivity index (χ0n) is 12.8. The van der Waals surface area contributed by atoms with Gasteiger partial charge < -0.3 is 0 Å². The molecule has 0 bridgehead atoms. The fourth-order valence-corrected chi connectivity index (χ4v) is 3.07. The van der Waals surface area contributed by atoms with Crippen LogP contribution >= 0.6 is 15.9 Å². The molecule has 0 N–H and O–H groups in total. The topological polar surface area (TPSA) is 40.6 Å². The first-order valence-electron chi connectivity index (χ1n) is 7.43. The van der Waals surface area contributed by atoms with E-state index in [-0.39, 0.29) is 18.2 Å². The van der Waals surface area contributed by atoms with Crippen molar-refractivity contribution in [3.8, 4) is 0 Å². The number of carbonyl (C=O) groups is 2. The summed E-state index contributed by atoms with van der Waals surface area (Å²) in [6, 6.07) is 16.7. The minimum absolute atomic E-state index is 0.151. The number of likely N-dealkylation sites (N-methyl/N-ethyl adjacent to an activating group) is 1. The van der Waals surface area contributed by atoms with Crippen LogP contribution in [0, 0.1) is 0 Å². The molecule has 2 aromatic carbocycles. The predicted octanol–water partition coefficient (Wildman–Crippen LogP) is 3.21. The quantitative estimate of drug-likeness (QED) is 0.773. The Labute approximate surface area is 143 Å². The largest absolute Gasteiger partial charge is 0.290 e. The van der Waals surface area contributed by atoms with Gasteiger partial charge in [0.1, 0.15) is 0 Å². The van der Waals surface area contributed by atoms with Gasteiger partial charge in [-0.15, -0.1) is 0 Å². The molecule has 2 aromatic rings. The van der Waals surface area contributed by atoms with E-state index in [1.54, 1.807) is 12.1 Å². The predicted molar refractivity (Wildman–Crippen MR) is 92.9 cm³/mol. The van der Waals surface area contributed by atoms with Gasteiger partial charge in [0.2, 0.25) is 5.91 Å². The number of anilines is 1. The zero-order valence-corrected chi connectivity index (χ0v) is 14.4. The fraction of sp³-hybridized carbons (Fsp3) is 0.222. The minimum Gasteiger partial charge on any atom is -0.290 e. The minimum atomic E-state index is -0.411.